The van der Waals surface area contributed by atoms with Gasteiger partial charge < -0.3 is 5.32 Å². The van der Waals surface area contributed by atoms with E-state index in [1.54, 1.807) is 24.3 Å². The second-order valence-corrected chi connectivity index (χ2v) is 4.33. The minimum absolute atomic E-state index is 0.0295. The first-order valence-electron chi connectivity index (χ1n) is 5.89. The van der Waals surface area contributed by atoms with Gasteiger partial charge in [-0.2, -0.15) is 5.26 Å². The van der Waals surface area contributed by atoms with E-state index in [0.717, 1.165) is 0 Å². The van der Waals surface area contributed by atoms with E-state index in [2.05, 4.69) is 15.3 Å². The van der Waals surface area contributed by atoms with Crippen molar-refractivity contribution < 1.29 is 9.59 Å². The molecule has 1 amide bonds. The molecule has 2 aromatic rings. The minimum Gasteiger partial charge on any atom is -0.309 e. The maximum atomic E-state index is 12.2. The highest BCUT2D eigenvalue weighted by atomic mass is 35.5. The zero-order valence-corrected chi connectivity index (χ0v) is 11.4. The monoisotopic (exact) mass is 300 g/mol. The topological polar surface area (TPSA) is 95.7 Å². The lowest BCUT2D eigenvalue weighted by Gasteiger charge is -2.09. The van der Waals surface area contributed by atoms with Crippen LogP contribution in [0, 0.1) is 17.2 Å². The van der Waals surface area contributed by atoms with Gasteiger partial charge in [-0.3, -0.25) is 9.59 Å². The van der Waals surface area contributed by atoms with Gasteiger partial charge in [-0.25, -0.2) is 9.97 Å². The summed E-state index contributed by atoms with van der Waals surface area (Å²) in [5.41, 5.74) is 0.0295. The van der Waals surface area contributed by atoms with Crippen molar-refractivity contribution in [2.45, 2.75) is 0 Å². The van der Waals surface area contributed by atoms with Crippen LogP contribution in [0.15, 0.2) is 42.7 Å². The Bertz CT molecular complexity index is 712. The van der Waals surface area contributed by atoms with E-state index in [-0.39, 0.29) is 16.5 Å². The maximum Gasteiger partial charge on any atom is 0.250 e. The van der Waals surface area contributed by atoms with Gasteiger partial charge in [0.25, 0.3) is 5.91 Å². The number of nitrogens with one attached hydrogen (secondary N) is 1. The third-order valence-electron chi connectivity index (χ3n) is 2.59. The minimum atomic E-state index is -1.52. The van der Waals surface area contributed by atoms with Crippen molar-refractivity contribution in [3.63, 3.8) is 0 Å². The Balaban J connectivity index is 2.20. The summed E-state index contributed by atoms with van der Waals surface area (Å²) in [4.78, 5) is 31.9. The molecule has 6 nitrogen and oxygen atoms in total. The number of anilines is 1. The molecule has 0 saturated heterocycles. The van der Waals surface area contributed by atoms with Crippen LogP contribution in [0.5, 0.6) is 0 Å². The van der Waals surface area contributed by atoms with Crippen molar-refractivity contribution in [3.8, 4) is 6.07 Å². The van der Waals surface area contributed by atoms with Crippen molar-refractivity contribution in [1.29, 1.82) is 5.26 Å². The molecule has 1 N–H and O–H groups in total. The van der Waals surface area contributed by atoms with Crippen LogP contribution < -0.4 is 5.32 Å². The number of Topliss-reactive ketones (excluding diaryl/α,β-unsaturated/α-hetero) is 1. The van der Waals surface area contributed by atoms with Gasteiger partial charge in [0.1, 0.15) is 11.0 Å². The Morgan fingerprint density at radius 3 is 2.57 bits per heavy atom. The average molecular weight is 301 g/mol. The summed E-state index contributed by atoms with van der Waals surface area (Å²) in [5, 5.41) is 11.4. The van der Waals surface area contributed by atoms with Crippen LogP contribution in [0.1, 0.15) is 10.4 Å². The van der Waals surface area contributed by atoms with E-state index in [1.165, 1.54) is 24.5 Å². The lowest BCUT2D eigenvalue weighted by Crippen LogP contribution is -2.29. The van der Waals surface area contributed by atoms with Crippen molar-refractivity contribution in [3.05, 3.63) is 53.4 Å². The lowest BCUT2D eigenvalue weighted by molar-refractivity contribution is -0.117. The summed E-state index contributed by atoms with van der Waals surface area (Å²) in [7, 11) is 0. The smallest absolute Gasteiger partial charge is 0.250 e. The summed E-state index contributed by atoms with van der Waals surface area (Å²) in [6.07, 6.45) is 2.89. The molecule has 0 unspecified atom stereocenters. The van der Waals surface area contributed by atoms with Crippen LogP contribution in [0.25, 0.3) is 0 Å². The Labute approximate surface area is 125 Å². The van der Waals surface area contributed by atoms with Gasteiger partial charge in [0, 0.05) is 12.4 Å². The number of carbonyl (C=O) groups is 2. The summed E-state index contributed by atoms with van der Waals surface area (Å²) in [5.74, 6) is -2.73. The van der Waals surface area contributed by atoms with E-state index in [1.807, 2.05) is 0 Å². The highest BCUT2D eigenvalue weighted by molar-refractivity contribution is 6.33. The molecule has 0 aromatic carbocycles. The normalized spacial score (nSPS) is 11.2. The number of nitriles is 1. The van der Waals surface area contributed by atoms with Crippen LogP contribution in [-0.4, -0.2) is 21.7 Å². The zero-order valence-electron chi connectivity index (χ0n) is 10.7. The molecule has 0 bridgehead atoms. The quantitative estimate of drug-likeness (QED) is 0.530. The standard InChI is InChI=1S/C14H9ClN4O2/c15-13-9(4-3-7-18-13)12(20)10(8-16)14(21)19-11-5-1-2-6-17-11/h1-7,10H,(H,17,19,21)/t10-/m1/s1. The number of nitrogens with zero attached hydrogens (tertiary/aromatic N) is 3. The number of aromatic nitrogens is 2. The number of hydrogen-bond donors (Lipinski definition) is 1. The van der Waals surface area contributed by atoms with Gasteiger partial charge in [-0.1, -0.05) is 17.7 Å². The molecule has 21 heavy (non-hydrogen) atoms. The Morgan fingerprint density at radius 1 is 1.19 bits per heavy atom. The fourth-order valence-corrected chi connectivity index (χ4v) is 1.81. The third-order valence-corrected chi connectivity index (χ3v) is 2.90. The lowest BCUT2D eigenvalue weighted by atomic mass is 9.99. The number of pyridine rings is 2. The molecule has 104 valence electrons. The van der Waals surface area contributed by atoms with Crippen molar-refractivity contribution in [2.75, 3.05) is 5.32 Å². The number of rotatable bonds is 4. The predicted molar refractivity (Wildman–Crippen MR) is 75.5 cm³/mol. The first kappa shape index (κ1) is 14.6. The van der Waals surface area contributed by atoms with E-state index in [4.69, 9.17) is 16.9 Å². The number of carbonyl (C=O) groups excluding carboxylic acids is 2. The highest BCUT2D eigenvalue weighted by Gasteiger charge is 2.29. The number of ketones is 1. The Hall–Kier alpha value is -2.78. The summed E-state index contributed by atoms with van der Waals surface area (Å²) >= 11 is 5.80. The maximum absolute atomic E-state index is 12.2. The van der Waals surface area contributed by atoms with Gasteiger partial charge in [0.2, 0.25) is 0 Å². The SMILES string of the molecule is N#C[C@@H](C(=O)Nc1ccccn1)C(=O)c1cccnc1Cl. The molecule has 0 saturated carbocycles. The molecular weight excluding hydrogens is 292 g/mol. The second-order valence-electron chi connectivity index (χ2n) is 3.97. The Morgan fingerprint density at radius 2 is 1.95 bits per heavy atom. The molecular formula is C14H9ClN4O2. The van der Waals surface area contributed by atoms with E-state index >= 15 is 0 Å². The first-order valence-corrected chi connectivity index (χ1v) is 6.27. The number of halogens is 1. The largest absolute Gasteiger partial charge is 0.309 e. The molecule has 1 atom stereocenters. The average Bonchev–Trinajstić information content (AvgIpc) is 2.49. The molecule has 2 heterocycles. The zero-order chi connectivity index (χ0) is 15.2. The molecule has 0 fully saturated rings. The van der Waals surface area contributed by atoms with Crippen LogP contribution >= 0.6 is 11.6 Å². The highest BCUT2D eigenvalue weighted by Crippen LogP contribution is 2.17. The number of amides is 1. The molecule has 2 aromatic heterocycles. The molecule has 0 aliphatic heterocycles. The molecule has 7 heteroatoms. The first-order chi connectivity index (χ1) is 10.1. The van der Waals surface area contributed by atoms with Crippen LogP contribution in [0.4, 0.5) is 5.82 Å². The molecule has 2 rings (SSSR count). The summed E-state index contributed by atoms with van der Waals surface area (Å²) < 4.78 is 0. The van der Waals surface area contributed by atoms with Crippen LogP contribution in [0.2, 0.25) is 5.15 Å². The van der Waals surface area contributed by atoms with Gasteiger partial charge in [-0.05, 0) is 24.3 Å². The van der Waals surface area contributed by atoms with E-state index in [9.17, 15) is 9.59 Å². The molecule has 0 aliphatic carbocycles. The molecule has 0 aliphatic rings. The van der Waals surface area contributed by atoms with Gasteiger partial charge in [0.05, 0.1) is 11.6 Å². The molecule has 0 radical (unpaired) electrons. The van der Waals surface area contributed by atoms with Crippen LogP contribution in [0.3, 0.4) is 0 Å². The van der Waals surface area contributed by atoms with E-state index < -0.39 is 17.6 Å². The summed E-state index contributed by atoms with van der Waals surface area (Å²) in [6, 6.07) is 9.49. The van der Waals surface area contributed by atoms with Gasteiger partial charge in [0.15, 0.2) is 11.7 Å². The second kappa shape index (κ2) is 6.59. The fraction of sp³-hybridized carbons (Fsp3) is 0.0714. The van der Waals surface area contributed by atoms with Crippen LogP contribution in [-0.2, 0) is 4.79 Å². The molecule has 0 spiro atoms. The predicted octanol–water partition coefficient (Wildman–Crippen LogP) is 2.09. The summed E-state index contributed by atoms with van der Waals surface area (Å²) in [6.45, 7) is 0. The van der Waals surface area contributed by atoms with E-state index in [0.29, 0.717) is 0 Å². The third kappa shape index (κ3) is 3.41. The van der Waals surface area contributed by atoms with Crippen molar-refractivity contribution in [2.24, 2.45) is 5.92 Å². The Kier molecular flexibility index (Phi) is 4.59. The number of hydrogen-bond acceptors (Lipinski definition) is 5. The van der Waals surface area contributed by atoms with Crippen molar-refractivity contribution in [1.82, 2.24) is 9.97 Å². The van der Waals surface area contributed by atoms with Gasteiger partial charge in [-0.15, -0.1) is 0 Å². The van der Waals surface area contributed by atoms with Crippen molar-refractivity contribution >= 4 is 29.1 Å². The fourth-order valence-electron chi connectivity index (χ4n) is 1.60. The van der Waals surface area contributed by atoms with Gasteiger partial charge >= 0.3 is 0 Å².